The summed E-state index contributed by atoms with van der Waals surface area (Å²) in [4.78, 5) is 11.9. The molecule has 1 aromatic rings. The second-order valence-electron chi connectivity index (χ2n) is 5.71. The zero-order chi connectivity index (χ0) is 13.9. The molecule has 1 aromatic carbocycles. The van der Waals surface area contributed by atoms with Crippen molar-refractivity contribution in [3.05, 3.63) is 29.8 Å². The maximum absolute atomic E-state index is 11.9. The summed E-state index contributed by atoms with van der Waals surface area (Å²) in [5.41, 5.74) is 7.47. The molecule has 2 rings (SSSR count). The molecule has 1 fully saturated rings. The smallest absolute Gasteiger partial charge is 0.220 e. The lowest BCUT2D eigenvalue weighted by Crippen LogP contribution is -2.32. The maximum Gasteiger partial charge on any atom is 0.220 e. The summed E-state index contributed by atoms with van der Waals surface area (Å²) in [6.07, 6.45) is 2.49. The fourth-order valence-corrected chi connectivity index (χ4v) is 2.15. The van der Waals surface area contributed by atoms with Crippen molar-refractivity contribution in [1.29, 1.82) is 0 Å². The van der Waals surface area contributed by atoms with Gasteiger partial charge < -0.3 is 16.2 Å². The summed E-state index contributed by atoms with van der Waals surface area (Å²) in [5.74, 6) is 0.217. The Labute approximate surface area is 114 Å². The third kappa shape index (κ3) is 3.70. The fraction of sp³-hybridized carbons (Fsp3) is 0.533. The lowest BCUT2D eigenvalue weighted by Gasteiger charge is -2.15. The Morgan fingerprint density at radius 3 is 2.58 bits per heavy atom. The van der Waals surface area contributed by atoms with E-state index in [4.69, 9.17) is 5.73 Å². The number of carbonyl (C=O) groups is 1. The Morgan fingerprint density at radius 1 is 1.42 bits per heavy atom. The summed E-state index contributed by atoms with van der Waals surface area (Å²) in [7, 11) is 0. The van der Waals surface area contributed by atoms with Crippen LogP contribution in [0.3, 0.4) is 0 Å². The maximum atomic E-state index is 11.9. The number of benzene rings is 1. The van der Waals surface area contributed by atoms with Crippen molar-refractivity contribution in [2.45, 2.75) is 32.1 Å². The van der Waals surface area contributed by atoms with Crippen molar-refractivity contribution in [1.82, 2.24) is 5.32 Å². The molecular formula is C15H22N2O2. The van der Waals surface area contributed by atoms with E-state index in [0.717, 1.165) is 24.1 Å². The Morgan fingerprint density at radius 2 is 2.05 bits per heavy atom. The van der Waals surface area contributed by atoms with E-state index in [1.807, 2.05) is 31.2 Å². The fourth-order valence-electron chi connectivity index (χ4n) is 2.15. The van der Waals surface area contributed by atoms with Gasteiger partial charge in [0, 0.05) is 24.1 Å². The highest BCUT2D eigenvalue weighted by Crippen LogP contribution is 2.44. The number of amides is 1. The molecule has 1 saturated carbocycles. The van der Waals surface area contributed by atoms with Crippen LogP contribution < -0.4 is 11.1 Å². The predicted molar refractivity (Wildman–Crippen MR) is 75.6 cm³/mol. The van der Waals surface area contributed by atoms with Gasteiger partial charge in [-0.15, -0.1) is 0 Å². The van der Waals surface area contributed by atoms with Crippen molar-refractivity contribution in [2.75, 3.05) is 18.9 Å². The van der Waals surface area contributed by atoms with E-state index in [0.29, 0.717) is 13.0 Å². The van der Waals surface area contributed by atoms with Gasteiger partial charge in [-0.05, 0) is 36.5 Å². The van der Waals surface area contributed by atoms with Crippen LogP contribution >= 0.6 is 0 Å². The van der Waals surface area contributed by atoms with Crippen molar-refractivity contribution in [3.63, 3.8) is 0 Å². The van der Waals surface area contributed by atoms with E-state index in [2.05, 4.69) is 5.32 Å². The minimum absolute atomic E-state index is 0.0277. The Hall–Kier alpha value is -1.55. The molecule has 0 saturated heterocycles. The number of rotatable bonds is 6. The van der Waals surface area contributed by atoms with Gasteiger partial charge in [-0.2, -0.15) is 0 Å². The van der Waals surface area contributed by atoms with Gasteiger partial charge >= 0.3 is 0 Å². The average Bonchev–Trinajstić information content (AvgIpc) is 3.18. The van der Waals surface area contributed by atoms with E-state index in [9.17, 15) is 9.90 Å². The van der Waals surface area contributed by atoms with Gasteiger partial charge in [0.2, 0.25) is 5.91 Å². The Balaban J connectivity index is 1.80. The van der Waals surface area contributed by atoms with Crippen LogP contribution in [-0.4, -0.2) is 24.2 Å². The molecule has 0 bridgehead atoms. The molecule has 1 aliphatic carbocycles. The first-order chi connectivity index (χ1) is 9.04. The van der Waals surface area contributed by atoms with Crippen LogP contribution in [-0.2, 0) is 4.79 Å². The van der Waals surface area contributed by atoms with Crippen LogP contribution in [0.25, 0.3) is 0 Å². The number of anilines is 1. The van der Waals surface area contributed by atoms with Crippen molar-refractivity contribution >= 4 is 11.6 Å². The third-order valence-corrected chi connectivity index (χ3v) is 3.95. The summed E-state index contributed by atoms with van der Waals surface area (Å²) >= 11 is 0. The van der Waals surface area contributed by atoms with Crippen molar-refractivity contribution in [2.24, 2.45) is 5.41 Å². The monoisotopic (exact) mass is 262 g/mol. The van der Waals surface area contributed by atoms with Crippen LogP contribution in [0.2, 0.25) is 0 Å². The predicted octanol–water partition coefficient (Wildman–Crippen LogP) is 1.65. The standard InChI is InChI=1S/C15H22N2O2/c1-11(12-2-4-13(16)5-3-12)8-14(19)17-9-15(10-18)6-7-15/h2-5,11,18H,6-10,16H2,1H3,(H,17,19). The summed E-state index contributed by atoms with van der Waals surface area (Å²) < 4.78 is 0. The van der Waals surface area contributed by atoms with E-state index in [1.165, 1.54) is 0 Å². The number of nitrogens with two attached hydrogens (primary N) is 1. The molecule has 0 heterocycles. The number of hydrogen-bond acceptors (Lipinski definition) is 3. The minimum Gasteiger partial charge on any atom is -0.399 e. The van der Waals surface area contributed by atoms with Gasteiger partial charge in [-0.3, -0.25) is 4.79 Å². The van der Waals surface area contributed by atoms with E-state index in [-0.39, 0.29) is 23.8 Å². The molecule has 4 heteroatoms. The van der Waals surface area contributed by atoms with Gasteiger partial charge in [0.25, 0.3) is 0 Å². The Kier molecular flexibility index (Phi) is 4.10. The molecular weight excluding hydrogens is 240 g/mol. The molecule has 1 unspecified atom stereocenters. The van der Waals surface area contributed by atoms with Crippen LogP contribution in [0.15, 0.2) is 24.3 Å². The SMILES string of the molecule is CC(CC(=O)NCC1(CO)CC1)c1ccc(N)cc1. The van der Waals surface area contributed by atoms with Gasteiger partial charge in [-0.25, -0.2) is 0 Å². The van der Waals surface area contributed by atoms with Gasteiger partial charge in [0.05, 0.1) is 6.61 Å². The molecule has 4 nitrogen and oxygen atoms in total. The molecule has 4 N–H and O–H groups in total. The van der Waals surface area contributed by atoms with Crippen LogP contribution in [0.4, 0.5) is 5.69 Å². The quantitative estimate of drug-likeness (QED) is 0.682. The Bertz CT molecular complexity index is 438. The summed E-state index contributed by atoms with van der Waals surface area (Å²) in [6.45, 7) is 2.79. The number of aliphatic hydroxyl groups excluding tert-OH is 1. The second-order valence-corrected chi connectivity index (χ2v) is 5.71. The second kappa shape index (κ2) is 5.61. The molecule has 0 aromatic heterocycles. The lowest BCUT2D eigenvalue weighted by molar-refractivity contribution is -0.121. The van der Waals surface area contributed by atoms with Crippen LogP contribution in [0.5, 0.6) is 0 Å². The number of nitrogens with one attached hydrogen (secondary N) is 1. The number of nitrogen functional groups attached to an aromatic ring is 1. The van der Waals surface area contributed by atoms with E-state index in [1.54, 1.807) is 0 Å². The number of carbonyl (C=O) groups excluding carboxylic acids is 1. The highest BCUT2D eigenvalue weighted by molar-refractivity contribution is 5.77. The van der Waals surface area contributed by atoms with Gasteiger partial charge in [-0.1, -0.05) is 19.1 Å². The molecule has 1 atom stereocenters. The molecule has 0 spiro atoms. The van der Waals surface area contributed by atoms with E-state index >= 15 is 0 Å². The third-order valence-electron chi connectivity index (χ3n) is 3.95. The highest BCUT2D eigenvalue weighted by Gasteiger charge is 2.42. The lowest BCUT2D eigenvalue weighted by atomic mass is 9.97. The van der Waals surface area contributed by atoms with Crippen LogP contribution in [0, 0.1) is 5.41 Å². The topological polar surface area (TPSA) is 75.3 Å². The molecule has 1 aliphatic rings. The molecule has 0 aliphatic heterocycles. The molecule has 1 amide bonds. The number of aliphatic hydroxyl groups is 1. The summed E-state index contributed by atoms with van der Waals surface area (Å²) in [6, 6.07) is 7.64. The van der Waals surface area contributed by atoms with E-state index < -0.39 is 0 Å². The number of hydrogen-bond donors (Lipinski definition) is 3. The van der Waals surface area contributed by atoms with Crippen molar-refractivity contribution in [3.8, 4) is 0 Å². The molecule has 104 valence electrons. The van der Waals surface area contributed by atoms with Gasteiger partial charge in [0.1, 0.15) is 0 Å². The average molecular weight is 262 g/mol. The molecule has 19 heavy (non-hydrogen) atoms. The highest BCUT2D eigenvalue weighted by atomic mass is 16.3. The van der Waals surface area contributed by atoms with Crippen molar-refractivity contribution < 1.29 is 9.90 Å². The zero-order valence-electron chi connectivity index (χ0n) is 11.4. The first-order valence-corrected chi connectivity index (χ1v) is 6.78. The first kappa shape index (κ1) is 13.9. The van der Waals surface area contributed by atoms with Gasteiger partial charge in [0.15, 0.2) is 0 Å². The summed E-state index contributed by atoms with van der Waals surface area (Å²) in [5, 5.41) is 12.1. The zero-order valence-corrected chi connectivity index (χ0v) is 11.4. The minimum atomic E-state index is -0.0277. The largest absolute Gasteiger partial charge is 0.399 e. The van der Waals surface area contributed by atoms with Crippen LogP contribution in [0.1, 0.15) is 37.7 Å². The molecule has 0 radical (unpaired) electrons. The normalized spacial score (nSPS) is 17.8. The first-order valence-electron chi connectivity index (χ1n) is 6.78.